The van der Waals surface area contributed by atoms with E-state index in [-0.39, 0.29) is 5.91 Å². The molecule has 0 atom stereocenters. The lowest BCUT2D eigenvalue weighted by molar-refractivity contribution is -0.137. The topological polar surface area (TPSA) is 36.4 Å². The van der Waals surface area contributed by atoms with Gasteiger partial charge in [-0.1, -0.05) is 24.3 Å². The molecule has 0 spiro atoms. The van der Waals surface area contributed by atoms with Crippen molar-refractivity contribution in [3.05, 3.63) is 70.2 Å². The normalized spacial score (nSPS) is 16.3. The van der Waals surface area contributed by atoms with Crippen LogP contribution in [0.4, 0.5) is 19.0 Å². The number of fused-ring (bicyclic) bond motifs is 3. The number of hydrogen-bond donors (Lipinski definition) is 0. The molecule has 0 bridgehead atoms. The van der Waals surface area contributed by atoms with Crippen molar-refractivity contribution in [1.82, 2.24) is 9.88 Å². The Bertz CT molecular complexity index is 1140. The van der Waals surface area contributed by atoms with Crippen molar-refractivity contribution in [3.8, 4) is 10.4 Å². The number of aryl methyl sites for hydroxylation is 2. The Morgan fingerprint density at radius 3 is 2.56 bits per heavy atom. The van der Waals surface area contributed by atoms with Crippen LogP contribution in [0, 0.1) is 0 Å². The maximum absolute atomic E-state index is 13.3. The van der Waals surface area contributed by atoms with E-state index in [1.807, 2.05) is 21.9 Å². The van der Waals surface area contributed by atoms with Gasteiger partial charge < -0.3 is 9.80 Å². The number of aromatic nitrogens is 1. The van der Waals surface area contributed by atoms with Crippen molar-refractivity contribution >= 4 is 23.1 Å². The zero-order chi connectivity index (χ0) is 22.3. The number of rotatable bonds is 2. The largest absolute Gasteiger partial charge is 0.417 e. The van der Waals surface area contributed by atoms with Crippen LogP contribution in [-0.4, -0.2) is 42.0 Å². The van der Waals surface area contributed by atoms with Gasteiger partial charge in [-0.05, 0) is 54.2 Å². The van der Waals surface area contributed by atoms with Gasteiger partial charge in [0.15, 0.2) is 0 Å². The van der Waals surface area contributed by atoms with E-state index in [4.69, 9.17) is 0 Å². The highest BCUT2D eigenvalue weighted by Gasteiger charge is 2.31. The van der Waals surface area contributed by atoms with E-state index >= 15 is 0 Å². The molecule has 166 valence electrons. The second-order valence-electron chi connectivity index (χ2n) is 8.16. The molecule has 0 saturated carbocycles. The van der Waals surface area contributed by atoms with E-state index in [0.717, 1.165) is 36.4 Å². The van der Waals surface area contributed by atoms with Crippen molar-refractivity contribution in [2.45, 2.75) is 25.4 Å². The molecule has 1 saturated heterocycles. The molecule has 1 fully saturated rings. The molecule has 3 heterocycles. The maximum Gasteiger partial charge on any atom is 0.417 e. The molecule has 4 nitrogen and oxygen atoms in total. The lowest BCUT2D eigenvalue weighted by atomic mass is 9.91. The number of pyridine rings is 1. The highest BCUT2D eigenvalue weighted by Crippen LogP contribution is 2.40. The van der Waals surface area contributed by atoms with Crippen LogP contribution in [0.15, 0.2) is 48.7 Å². The molecule has 2 aromatic heterocycles. The molecule has 3 aromatic rings. The molecule has 5 rings (SSSR count). The zero-order valence-corrected chi connectivity index (χ0v) is 18.2. The number of carbonyl (C=O) groups excluding carboxylic acids is 1. The summed E-state index contributed by atoms with van der Waals surface area (Å²) in [5, 5.41) is 0. The van der Waals surface area contributed by atoms with Crippen molar-refractivity contribution in [3.63, 3.8) is 0 Å². The summed E-state index contributed by atoms with van der Waals surface area (Å²) in [6, 6.07) is 12.9. The van der Waals surface area contributed by atoms with Gasteiger partial charge in [-0.15, -0.1) is 11.3 Å². The Morgan fingerprint density at radius 1 is 0.969 bits per heavy atom. The van der Waals surface area contributed by atoms with Gasteiger partial charge in [-0.3, -0.25) is 4.79 Å². The van der Waals surface area contributed by atoms with Crippen molar-refractivity contribution in [2.24, 2.45) is 0 Å². The minimum atomic E-state index is -4.39. The van der Waals surface area contributed by atoms with Crippen LogP contribution in [-0.2, 0) is 19.0 Å². The number of halogens is 3. The fourth-order valence-electron chi connectivity index (χ4n) is 4.42. The lowest BCUT2D eigenvalue weighted by Gasteiger charge is -2.23. The minimum absolute atomic E-state index is 0.0316. The Balaban J connectivity index is 1.29. The average Bonchev–Trinajstić information content (AvgIpc) is 3.09. The van der Waals surface area contributed by atoms with Gasteiger partial charge in [-0.25, -0.2) is 4.98 Å². The van der Waals surface area contributed by atoms with Crippen LogP contribution in [0.1, 0.15) is 32.8 Å². The van der Waals surface area contributed by atoms with Gasteiger partial charge in [-0.2, -0.15) is 13.2 Å². The molecule has 0 unspecified atom stereocenters. The predicted octanol–water partition coefficient (Wildman–Crippen LogP) is 5.28. The van der Waals surface area contributed by atoms with Crippen LogP contribution in [0.2, 0.25) is 0 Å². The zero-order valence-electron chi connectivity index (χ0n) is 17.4. The summed E-state index contributed by atoms with van der Waals surface area (Å²) < 4.78 is 38.4. The van der Waals surface area contributed by atoms with Gasteiger partial charge in [0.05, 0.1) is 10.4 Å². The van der Waals surface area contributed by atoms with Crippen LogP contribution in [0.3, 0.4) is 0 Å². The van der Waals surface area contributed by atoms with Crippen molar-refractivity contribution in [1.29, 1.82) is 0 Å². The van der Waals surface area contributed by atoms with Gasteiger partial charge >= 0.3 is 6.18 Å². The Hall–Kier alpha value is -2.87. The molecule has 1 amide bonds. The highest BCUT2D eigenvalue weighted by molar-refractivity contribution is 7.17. The number of carbonyl (C=O) groups is 1. The Morgan fingerprint density at radius 2 is 1.78 bits per heavy atom. The van der Waals surface area contributed by atoms with Crippen molar-refractivity contribution < 1.29 is 18.0 Å². The third-order valence-corrected chi connectivity index (χ3v) is 7.33. The third-order valence-electron chi connectivity index (χ3n) is 6.13. The molecule has 1 aliphatic heterocycles. The summed E-state index contributed by atoms with van der Waals surface area (Å²) in [6.07, 6.45) is -0.844. The van der Waals surface area contributed by atoms with E-state index in [2.05, 4.69) is 23.2 Å². The van der Waals surface area contributed by atoms with Crippen LogP contribution < -0.4 is 4.90 Å². The van der Waals surface area contributed by atoms with Crippen LogP contribution in [0.5, 0.6) is 0 Å². The first-order valence-corrected chi connectivity index (χ1v) is 11.5. The summed E-state index contributed by atoms with van der Waals surface area (Å²) in [6.45, 7) is 2.32. The number of nitrogens with zero attached hydrogens (tertiary/aromatic N) is 3. The maximum atomic E-state index is 13.3. The van der Waals surface area contributed by atoms with Crippen LogP contribution in [0.25, 0.3) is 10.4 Å². The molecular weight excluding hydrogens is 435 g/mol. The standard InChI is InChI=1S/C24H22F3N3OS/c25-24(26,27)18-8-9-21(28-15-18)29-10-3-11-30(13-12-29)23(31)20-14-17-7-6-16-4-1-2-5-19(16)22(17)32-20/h1-2,4-5,8-9,14-15H,3,6-7,10-13H2. The monoisotopic (exact) mass is 457 g/mol. The number of thiophene rings is 1. The van der Waals surface area contributed by atoms with Gasteiger partial charge in [0, 0.05) is 37.3 Å². The second-order valence-corrected chi connectivity index (χ2v) is 9.21. The SMILES string of the molecule is O=C(c1cc2c(s1)-c1ccccc1CC2)N1CCCN(c2ccc(C(F)(F)F)cn2)CC1. The smallest absolute Gasteiger partial charge is 0.355 e. The van der Waals surface area contributed by atoms with E-state index in [1.54, 1.807) is 11.3 Å². The Kier molecular flexibility index (Phi) is 5.41. The first-order chi connectivity index (χ1) is 15.4. The van der Waals surface area contributed by atoms with Gasteiger partial charge in [0.1, 0.15) is 5.82 Å². The lowest BCUT2D eigenvalue weighted by Crippen LogP contribution is -2.35. The molecular formula is C24H22F3N3OS. The summed E-state index contributed by atoms with van der Waals surface area (Å²) in [5.41, 5.74) is 3.04. The number of hydrogen-bond acceptors (Lipinski definition) is 4. The van der Waals surface area contributed by atoms with Gasteiger partial charge in [0.25, 0.3) is 5.91 Å². The minimum Gasteiger partial charge on any atom is -0.355 e. The highest BCUT2D eigenvalue weighted by atomic mass is 32.1. The summed E-state index contributed by atoms with van der Waals surface area (Å²) >= 11 is 1.56. The summed E-state index contributed by atoms with van der Waals surface area (Å²) in [7, 11) is 0. The van der Waals surface area contributed by atoms with Gasteiger partial charge in [0.2, 0.25) is 0 Å². The first kappa shape index (κ1) is 21.0. The van der Waals surface area contributed by atoms with E-state index in [9.17, 15) is 18.0 Å². The molecule has 1 aromatic carbocycles. The number of anilines is 1. The number of alkyl halides is 3. The molecule has 2 aliphatic rings. The molecule has 1 aliphatic carbocycles. The summed E-state index contributed by atoms with van der Waals surface area (Å²) in [4.78, 5) is 23.0. The number of benzene rings is 1. The fraction of sp³-hybridized carbons (Fsp3) is 0.333. The molecule has 8 heteroatoms. The average molecular weight is 458 g/mol. The summed E-state index contributed by atoms with van der Waals surface area (Å²) in [5.74, 6) is 0.541. The van der Waals surface area contributed by atoms with Crippen LogP contribution >= 0.6 is 11.3 Å². The Labute approximate surface area is 188 Å². The first-order valence-electron chi connectivity index (χ1n) is 10.7. The predicted molar refractivity (Wildman–Crippen MR) is 119 cm³/mol. The number of amides is 1. The fourth-order valence-corrected chi connectivity index (χ4v) is 5.66. The van der Waals surface area contributed by atoms with E-state index in [0.29, 0.717) is 32.0 Å². The molecule has 0 radical (unpaired) electrons. The molecule has 32 heavy (non-hydrogen) atoms. The second kappa shape index (κ2) is 8.24. The quantitative estimate of drug-likeness (QED) is 0.525. The third kappa shape index (κ3) is 3.99. The van der Waals surface area contributed by atoms with Crippen molar-refractivity contribution in [2.75, 3.05) is 31.1 Å². The van der Waals surface area contributed by atoms with E-state index in [1.165, 1.54) is 27.6 Å². The van der Waals surface area contributed by atoms with E-state index < -0.39 is 11.7 Å². The molecule has 0 N–H and O–H groups in total.